The summed E-state index contributed by atoms with van der Waals surface area (Å²) in [5, 5.41) is 16.9. The molecule has 0 spiro atoms. The van der Waals surface area contributed by atoms with Gasteiger partial charge in [0.05, 0.1) is 24.7 Å². The molecular formula is C13H18BrN5O2. The van der Waals surface area contributed by atoms with Crippen LogP contribution in [-0.2, 0) is 13.1 Å². The summed E-state index contributed by atoms with van der Waals surface area (Å²) in [5.41, 5.74) is 1.08. The molecule has 0 radical (unpaired) electrons. The van der Waals surface area contributed by atoms with Crippen molar-refractivity contribution in [3.8, 4) is 11.5 Å². The fourth-order valence-corrected chi connectivity index (χ4v) is 2.40. The van der Waals surface area contributed by atoms with Gasteiger partial charge in [0.25, 0.3) is 0 Å². The van der Waals surface area contributed by atoms with Gasteiger partial charge < -0.3 is 14.8 Å². The van der Waals surface area contributed by atoms with Crippen LogP contribution in [0, 0.1) is 0 Å². The van der Waals surface area contributed by atoms with Gasteiger partial charge >= 0.3 is 0 Å². The van der Waals surface area contributed by atoms with E-state index in [4.69, 9.17) is 9.47 Å². The molecule has 0 atom stereocenters. The molecule has 0 aliphatic rings. The van der Waals surface area contributed by atoms with Gasteiger partial charge in [-0.1, -0.05) is 12.1 Å². The second-order valence-electron chi connectivity index (χ2n) is 4.39. The lowest BCUT2D eigenvalue weighted by atomic mass is 10.2. The first kappa shape index (κ1) is 15.7. The number of H-pyrrole nitrogens is 1. The van der Waals surface area contributed by atoms with Crippen molar-refractivity contribution in [1.82, 2.24) is 25.9 Å². The summed E-state index contributed by atoms with van der Waals surface area (Å²) >= 11 is 3.53. The van der Waals surface area contributed by atoms with Gasteiger partial charge in [0.15, 0.2) is 17.3 Å². The molecule has 2 rings (SSSR count). The normalized spacial score (nSPS) is 10.6. The standard InChI is InChI=1S/C13H18BrN5O2/c1-3-4-21-13-10(14)5-9(6-11(13)20-2)7-15-8-12-16-18-19-17-12/h5-6,15H,3-4,7-8H2,1-2H3,(H,16,17,18,19). The van der Waals surface area contributed by atoms with Crippen LogP contribution >= 0.6 is 15.9 Å². The van der Waals surface area contributed by atoms with Crippen LogP contribution in [0.3, 0.4) is 0 Å². The van der Waals surface area contributed by atoms with Crippen LogP contribution in [0.2, 0.25) is 0 Å². The Morgan fingerprint density at radius 1 is 1.33 bits per heavy atom. The number of rotatable bonds is 8. The largest absolute Gasteiger partial charge is 0.493 e. The average Bonchev–Trinajstić information content (AvgIpc) is 2.99. The molecule has 0 fully saturated rings. The highest BCUT2D eigenvalue weighted by molar-refractivity contribution is 9.10. The Morgan fingerprint density at radius 2 is 2.19 bits per heavy atom. The van der Waals surface area contributed by atoms with Crippen molar-refractivity contribution in [3.05, 3.63) is 28.0 Å². The van der Waals surface area contributed by atoms with E-state index in [9.17, 15) is 0 Å². The number of aromatic nitrogens is 4. The number of aromatic amines is 1. The molecule has 0 saturated heterocycles. The second kappa shape index (κ2) is 7.94. The zero-order valence-corrected chi connectivity index (χ0v) is 13.6. The van der Waals surface area contributed by atoms with Crippen molar-refractivity contribution >= 4 is 15.9 Å². The van der Waals surface area contributed by atoms with Gasteiger partial charge in [0, 0.05) is 6.54 Å². The Kier molecular flexibility index (Phi) is 5.94. The van der Waals surface area contributed by atoms with Crippen molar-refractivity contribution in [2.24, 2.45) is 0 Å². The van der Waals surface area contributed by atoms with Crippen molar-refractivity contribution in [3.63, 3.8) is 0 Å². The van der Waals surface area contributed by atoms with Crippen LogP contribution in [0.1, 0.15) is 24.7 Å². The average molecular weight is 356 g/mol. The van der Waals surface area contributed by atoms with Gasteiger partial charge in [-0.05, 0) is 40.0 Å². The molecule has 8 heteroatoms. The van der Waals surface area contributed by atoms with E-state index in [2.05, 4.69) is 48.8 Å². The number of hydrogen-bond acceptors (Lipinski definition) is 6. The first-order chi connectivity index (χ1) is 10.2. The third-order valence-electron chi connectivity index (χ3n) is 2.74. The Hall–Kier alpha value is -1.67. The monoisotopic (exact) mass is 355 g/mol. The number of tetrazole rings is 1. The van der Waals surface area contributed by atoms with Crippen LogP contribution in [0.25, 0.3) is 0 Å². The quantitative estimate of drug-likeness (QED) is 0.753. The van der Waals surface area contributed by atoms with Crippen LogP contribution in [0.4, 0.5) is 0 Å². The van der Waals surface area contributed by atoms with Gasteiger partial charge in [-0.2, -0.15) is 5.21 Å². The topological polar surface area (TPSA) is 85.0 Å². The smallest absolute Gasteiger partial charge is 0.188 e. The molecule has 114 valence electrons. The van der Waals surface area contributed by atoms with Crippen molar-refractivity contribution < 1.29 is 9.47 Å². The lowest BCUT2D eigenvalue weighted by molar-refractivity contribution is 0.292. The van der Waals surface area contributed by atoms with E-state index in [0.29, 0.717) is 31.3 Å². The SMILES string of the molecule is CCCOc1c(Br)cc(CNCc2nn[nH]n2)cc1OC. The molecule has 0 amide bonds. The zero-order valence-electron chi connectivity index (χ0n) is 12.0. The van der Waals surface area contributed by atoms with Gasteiger partial charge in [-0.15, -0.1) is 10.2 Å². The molecule has 2 aromatic rings. The van der Waals surface area contributed by atoms with E-state index in [1.165, 1.54) is 0 Å². The number of halogens is 1. The summed E-state index contributed by atoms with van der Waals surface area (Å²) in [6, 6.07) is 3.97. The molecule has 1 aromatic carbocycles. The maximum atomic E-state index is 5.70. The summed E-state index contributed by atoms with van der Waals surface area (Å²) < 4.78 is 12.0. The first-order valence-electron chi connectivity index (χ1n) is 6.66. The van der Waals surface area contributed by atoms with E-state index < -0.39 is 0 Å². The maximum Gasteiger partial charge on any atom is 0.188 e. The minimum atomic E-state index is 0.546. The highest BCUT2D eigenvalue weighted by atomic mass is 79.9. The molecular weight excluding hydrogens is 338 g/mol. The lowest BCUT2D eigenvalue weighted by Crippen LogP contribution is -2.14. The molecule has 1 aromatic heterocycles. The molecule has 7 nitrogen and oxygen atoms in total. The summed E-state index contributed by atoms with van der Waals surface area (Å²) in [6.45, 7) is 3.93. The fourth-order valence-electron chi connectivity index (χ4n) is 1.80. The molecule has 0 unspecified atom stereocenters. The molecule has 0 aliphatic heterocycles. The Bertz CT molecular complexity index is 562. The fraction of sp³-hybridized carbons (Fsp3) is 0.462. The molecule has 2 N–H and O–H groups in total. The lowest BCUT2D eigenvalue weighted by Gasteiger charge is -2.14. The predicted octanol–water partition coefficient (Wildman–Crippen LogP) is 2.05. The molecule has 0 bridgehead atoms. The number of nitrogens with one attached hydrogen (secondary N) is 2. The highest BCUT2D eigenvalue weighted by Gasteiger charge is 2.11. The van der Waals surface area contributed by atoms with Gasteiger partial charge in [0.2, 0.25) is 0 Å². The van der Waals surface area contributed by atoms with Crippen molar-refractivity contribution in [1.29, 1.82) is 0 Å². The number of methoxy groups -OCH3 is 1. The van der Waals surface area contributed by atoms with Gasteiger partial charge in [0.1, 0.15) is 0 Å². The van der Waals surface area contributed by atoms with Crippen LogP contribution in [0.5, 0.6) is 11.5 Å². The third-order valence-corrected chi connectivity index (χ3v) is 3.33. The number of benzene rings is 1. The molecule has 1 heterocycles. The van der Waals surface area contributed by atoms with Crippen molar-refractivity contribution in [2.45, 2.75) is 26.4 Å². The first-order valence-corrected chi connectivity index (χ1v) is 7.46. The highest BCUT2D eigenvalue weighted by Crippen LogP contribution is 2.36. The Balaban J connectivity index is 2.01. The van der Waals surface area contributed by atoms with E-state index in [0.717, 1.165) is 22.2 Å². The summed E-state index contributed by atoms with van der Waals surface area (Å²) in [6.07, 6.45) is 0.948. The Morgan fingerprint density at radius 3 is 2.86 bits per heavy atom. The minimum absolute atomic E-state index is 0.546. The zero-order chi connectivity index (χ0) is 15.1. The maximum absolute atomic E-state index is 5.70. The van der Waals surface area contributed by atoms with Crippen LogP contribution in [-0.4, -0.2) is 34.3 Å². The van der Waals surface area contributed by atoms with E-state index in [-0.39, 0.29) is 0 Å². The minimum Gasteiger partial charge on any atom is -0.493 e. The summed E-state index contributed by atoms with van der Waals surface area (Å²) in [5.74, 6) is 2.08. The molecule has 0 aliphatic carbocycles. The Labute approximate surface area is 131 Å². The van der Waals surface area contributed by atoms with E-state index in [1.54, 1.807) is 7.11 Å². The van der Waals surface area contributed by atoms with E-state index in [1.807, 2.05) is 12.1 Å². The molecule has 21 heavy (non-hydrogen) atoms. The van der Waals surface area contributed by atoms with Crippen molar-refractivity contribution in [2.75, 3.05) is 13.7 Å². The summed E-state index contributed by atoms with van der Waals surface area (Å²) in [4.78, 5) is 0. The summed E-state index contributed by atoms with van der Waals surface area (Å²) in [7, 11) is 1.64. The second-order valence-corrected chi connectivity index (χ2v) is 5.24. The number of hydrogen-bond donors (Lipinski definition) is 2. The third kappa shape index (κ3) is 4.40. The number of nitrogens with zero attached hydrogens (tertiary/aromatic N) is 3. The van der Waals surface area contributed by atoms with Gasteiger partial charge in [-0.3, -0.25) is 0 Å². The van der Waals surface area contributed by atoms with Crippen LogP contribution < -0.4 is 14.8 Å². The number of ether oxygens (including phenoxy) is 2. The molecule has 0 saturated carbocycles. The van der Waals surface area contributed by atoms with Crippen LogP contribution in [0.15, 0.2) is 16.6 Å². The predicted molar refractivity (Wildman–Crippen MR) is 81.2 cm³/mol. The van der Waals surface area contributed by atoms with E-state index >= 15 is 0 Å². The van der Waals surface area contributed by atoms with Gasteiger partial charge in [-0.25, -0.2) is 0 Å².